The van der Waals surface area contributed by atoms with E-state index in [1.54, 1.807) is 0 Å². The molecule has 2 aliphatic heterocycles. The van der Waals surface area contributed by atoms with Gasteiger partial charge in [0.15, 0.2) is 0 Å². The fourth-order valence-corrected chi connectivity index (χ4v) is 3.77. The maximum atomic E-state index is 6.32. The smallest absolute Gasteiger partial charge is 0.144 e. The van der Waals surface area contributed by atoms with Crippen LogP contribution in [0.3, 0.4) is 0 Å². The van der Waals surface area contributed by atoms with Gasteiger partial charge in [-0.1, -0.05) is 11.6 Å². The number of ether oxygens (including phenoxy) is 3. The normalized spacial score (nSPS) is 19.1. The molecule has 26 heavy (non-hydrogen) atoms. The van der Waals surface area contributed by atoms with Crippen LogP contribution < -0.4 is 9.47 Å². The van der Waals surface area contributed by atoms with Gasteiger partial charge in [-0.2, -0.15) is 0 Å². The van der Waals surface area contributed by atoms with Crippen LogP contribution in [0.4, 0.5) is 0 Å². The van der Waals surface area contributed by atoms with Gasteiger partial charge in [0.25, 0.3) is 0 Å². The molecule has 0 spiro atoms. The Hall–Kier alpha value is -1.63. The van der Waals surface area contributed by atoms with Crippen LogP contribution in [-0.2, 0) is 4.74 Å². The van der Waals surface area contributed by atoms with Crippen LogP contribution in [0, 0.1) is 0 Å². The van der Waals surface area contributed by atoms with E-state index in [4.69, 9.17) is 25.8 Å². The monoisotopic (exact) mass is 377 g/mol. The first-order valence-corrected chi connectivity index (χ1v) is 9.71. The molecule has 0 bridgehead atoms. The maximum Gasteiger partial charge on any atom is 0.144 e. The number of nitrogens with zero attached hydrogens (tertiary/aromatic N) is 3. The van der Waals surface area contributed by atoms with Gasteiger partial charge >= 0.3 is 0 Å². The van der Waals surface area contributed by atoms with Crippen molar-refractivity contribution < 1.29 is 14.2 Å². The van der Waals surface area contributed by atoms with E-state index in [1.807, 2.05) is 12.1 Å². The van der Waals surface area contributed by atoms with Crippen LogP contribution in [0.25, 0.3) is 10.9 Å². The molecule has 1 aromatic carbocycles. The summed E-state index contributed by atoms with van der Waals surface area (Å²) in [4.78, 5) is 10.9. The number of rotatable bonds is 6. The van der Waals surface area contributed by atoms with E-state index in [1.165, 1.54) is 32.3 Å². The van der Waals surface area contributed by atoms with Crippen LogP contribution in [0.5, 0.6) is 11.5 Å². The van der Waals surface area contributed by atoms with Crippen molar-refractivity contribution in [3.63, 3.8) is 0 Å². The summed E-state index contributed by atoms with van der Waals surface area (Å²) in [5.74, 6) is 1.45. The van der Waals surface area contributed by atoms with Gasteiger partial charge in [-0.05, 0) is 25.9 Å². The molecular formula is C19H24ClN3O3. The number of likely N-dealkylation sites (tertiary alicyclic amines) is 1. The maximum absolute atomic E-state index is 6.32. The van der Waals surface area contributed by atoms with E-state index in [0.717, 1.165) is 49.3 Å². The molecule has 1 aromatic heterocycles. The molecule has 2 saturated heterocycles. The molecule has 0 amide bonds. The third kappa shape index (κ3) is 4.19. The van der Waals surface area contributed by atoms with Crippen molar-refractivity contribution in [3.8, 4) is 11.5 Å². The van der Waals surface area contributed by atoms with Crippen LogP contribution in [0.1, 0.15) is 25.7 Å². The van der Waals surface area contributed by atoms with Crippen LogP contribution in [0.15, 0.2) is 18.5 Å². The van der Waals surface area contributed by atoms with Crippen molar-refractivity contribution in [3.05, 3.63) is 23.6 Å². The van der Waals surface area contributed by atoms with Crippen molar-refractivity contribution in [1.82, 2.24) is 14.9 Å². The van der Waals surface area contributed by atoms with E-state index in [-0.39, 0.29) is 6.10 Å². The second kappa shape index (κ2) is 8.37. The van der Waals surface area contributed by atoms with Crippen LogP contribution in [0.2, 0.25) is 5.15 Å². The second-order valence-electron chi connectivity index (χ2n) is 6.81. The van der Waals surface area contributed by atoms with Crippen LogP contribution in [-0.4, -0.2) is 60.4 Å². The summed E-state index contributed by atoms with van der Waals surface area (Å²) in [7, 11) is 0. The third-order valence-corrected chi connectivity index (χ3v) is 5.25. The largest absolute Gasteiger partial charge is 0.492 e. The topological polar surface area (TPSA) is 56.7 Å². The highest BCUT2D eigenvalue weighted by molar-refractivity contribution is 6.34. The first kappa shape index (κ1) is 17.8. The molecule has 140 valence electrons. The summed E-state index contributed by atoms with van der Waals surface area (Å²) in [6.45, 7) is 5.38. The minimum absolute atomic E-state index is 0.114. The molecule has 0 atom stereocenters. The highest BCUT2D eigenvalue weighted by atomic mass is 35.5. The van der Waals surface area contributed by atoms with Crippen LogP contribution >= 0.6 is 11.6 Å². The molecule has 0 saturated carbocycles. The zero-order valence-electron chi connectivity index (χ0n) is 14.8. The predicted octanol–water partition coefficient (Wildman–Crippen LogP) is 3.32. The third-order valence-electron chi connectivity index (χ3n) is 4.97. The molecule has 0 unspecified atom stereocenters. The first-order valence-electron chi connectivity index (χ1n) is 9.33. The summed E-state index contributed by atoms with van der Waals surface area (Å²) < 4.78 is 17.6. The number of benzene rings is 1. The number of hydrogen-bond donors (Lipinski definition) is 0. The predicted molar refractivity (Wildman–Crippen MR) is 100 cm³/mol. The molecule has 0 N–H and O–H groups in total. The highest BCUT2D eigenvalue weighted by Gasteiger charge is 2.19. The van der Waals surface area contributed by atoms with Crippen molar-refractivity contribution >= 4 is 22.5 Å². The SMILES string of the molecule is Clc1ncnc2cc(OCCN3CCCC3)cc(OC3CCOCC3)c12. The van der Waals surface area contributed by atoms with Gasteiger partial charge in [-0.3, -0.25) is 4.90 Å². The summed E-state index contributed by atoms with van der Waals surface area (Å²) >= 11 is 6.32. The van der Waals surface area contributed by atoms with Gasteiger partial charge in [0.1, 0.15) is 35.7 Å². The Bertz CT molecular complexity index is 746. The van der Waals surface area contributed by atoms with E-state index < -0.39 is 0 Å². The molecule has 0 aliphatic carbocycles. The summed E-state index contributed by atoms with van der Waals surface area (Å²) in [5.41, 5.74) is 0.741. The molecule has 2 fully saturated rings. The standard InChI is InChI=1S/C19H24ClN3O3/c20-19-18-16(21-13-22-19)11-15(25-10-7-23-5-1-2-6-23)12-17(18)26-14-3-8-24-9-4-14/h11-14H,1-10H2. The Morgan fingerprint density at radius 3 is 2.77 bits per heavy atom. The van der Waals surface area contributed by atoms with Crippen molar-refractivity contribution in [2.75, 3.05) is 39.5 Å². The summed E-state index contributed by atoms with van der Waals surface area (Å²) in [5, 5.41) is 1.15. The lowest BCUT2D eigenvalue weighted by molar-refractivity contribution is 0.0261. The lowest BCUT2D eigenvalue weighted by Crippen LogP contribution is -2.26. The van der Waals surface area contributed by atoms with Gasteiger partial charge in [0.2, 0.25) is 0 Å². The molecule has 6 nitrogen and oxygen atoms in total. The van der Waals surface area contributed by atoms with E-state index >= 15 is 0 Å². The van der Waals surface area contributed by atoms with Gasteiger partial charge in [0, 0.05) is 31.5 Å². The Morgan fingerprint density at radius 1 is 1.15 bits per heavy atom. The fraction of sp³-hybridized carbons (Fsp3) is 0.579. The van der Waals surface area contributed by atoms with Gasteiger partial charge in [-0.15, -0.1) is 0 Å². The average Bonchev–Trinajstić information content (AvgIpc) is 3.16. The molecule has 7 heteroatoms. The average molecular weight is 378 g/mol. The lowest BCUT2D eigenvalue weighted by Gasteiger charge is -2.24. The minimum Gasteiger partial charge on any atom is -0.492 e. The van der Waals surface area contributed by atoms with Crippen molar-refractivity contribution in [2.45, 2.75) is 31.8 Å². The van der Waals surface area contributed by atoms with E-state index in [9.17, 15) is 0 Å². The number of fused-ring (bicyclic) bond motifs is 1. The fourth-order valence-electron chi connectivity index (χ4n) is 3.54. The highest BCUT2D eigenvalue weighted by Crippen LogP contribution is 2.35. The van der Waals surface area contributed by atoms with E-state index in [0.29, 0.717) is 17.5 Å². The van der Waals surface area contributed by atoms with E-state index in [2.05, 4.69) is 14.9 Å². The Labute approximate surface area is 158 Å². The zero-order valence-corrected chi connectivity index (χ0v) is 15.6. The number of halogens is 1. The van der Waals surface area contributed by atoms with Crippen molar-refractivity contribution in [1.29, 1.82) is 0 Å². The van der Waals surface area contributed by atoms with Gasteiger partial charge < -0.3 is 14.2 Å². The summed E-state index contributed by atoms with van der Waals surface area (Å²) in [6.07, 6.45) is 5.89. The zero-order chi connectivity index (χ0) is 17.8. The molecule has 3 heterocycles. The Balaban J connectivity index is 1.53. The number of aromatic nitrogens is 2. The molecule has 0 radical (unpaired) electrons. The second-order valence-corrected chi connectivity index (χ2v) is 7.16. The van der Waals surface area contributed by atoms with Gasteiger partial charge in [0.05, 0.1) is 24.1 Å². The Morgan fingerprint density at radius 2 is 1.96 bits per heavy atom. The molecule has 4 rings (SSSR count). The van der Waals surface area contributed by atoms with Gasteiger partial charge in [-0.25, -0.2) is 9.97 Å². The van der Waals surface area contributed by atoms with Crippen molar-refractivity contribution in [2.24, 2.45) is 0 Å². The lowest BCUT2D eigenvalue weighted by atomic mass is 10.1. The quantitative estimate of drug-likeness (QED) is 0.720. The molecule has 2 aromatic rings. The first-order chi connectivity index (χ1) is 12.8. The Kier molecular flexibility index (Phi) is 5.72. The molecular weight excluding hydrogens is 354 g/mol. The summed E-state index contributed by atoms with van der Waals surface area (Å²) in [6, 6.07) is 3.82. The minimum atomic E-state index is 0.114. The molecule has 2 aliphatic rings. The number of hydrogen-bond acceptors (Lipinski definition) is 6.